The first kappa shape index (κ1) is 12.2. The lowest BCUT2D eigenvalue weighted by Crippen LogP contribution is -2.08. The van der Waals surface area contributed by atoms with E-state index in [4.69, 9.17) is 5.11 Å². The highest BCUT2D eigenvalue weighted by Crippen LogP contribution is 2.15. The topological polar surface area (TPSA) is 60.0 Å². The van der Waals surface area contributed by atoms with Crippen molar-refractivity contribution in [2.45, 2.75) is 13.5 Å². The number of carboxylic acids is 1. The van der Waals surface area contributed by atoms with E-state index in [9.17, 15) is 4.79 Å². The Hall–Kier alpha value is -1.31. The largest absolute Gasteiger partial charge is 0.477 e. The summed E-state index contributed by atoms with van der Waals surface area (Å²) < 4.78 is 4.38. The van der Waals surface area contributed by atoms with Crippen LogP contribution in [0.4, 0.5) is 0 Å². The highest BCUT2D eigenvalue weighted by molar-refractivity contribution is 14.1. The number of carboxylic acid groups (broad SMARTS) is 1. The van der Waals surface area contributed by atoms with Gasteiger partial charge in [-0.25, -0.2) is 4.79 Å². The van der Waals surface area contributed by atoms with E-state index in [0.29, 0.717) is 12.2 Å². The van der Waals surface area contributed by atoms with Gasteiger partial charge in [-0.3, -0.25) is 4.68 Å². The van der Waals surface area contributed by atoms with Crippen LogP contribution in [0.5, 0.6) is 0 Å². The molecule has 0 fully saturated rings. The molecule has 2 heterocycles. The third kappa shape index (κ3) is 2.51. The van der Waals surface area contributed by atoms with Gasteiger partial charge in [0.1, 0.15) is 5.69 Å². The van der Waals surface area contributed by atoms with Crippen LogP contribution in [0, 0.1) is 10.5 Å². The first-order valence-electron chi connectivity index (χ1n) is 5.05. The molecule has 0 bridgehead atoms. The number of carbonyl (C=O) groups is 1. The van der Waals surface area contributed by atoms with Crippen molar-refractivity contribution in [3.63, 3.8) is 0 Å². The molecule has 0 unspecified atom stereocenters. The molecule has 0 aliphatic rings. The SMILES string of the molecule is Cc1nn(C)cc1Cn1cc(I)cc1C(=O)O. The number of halogens is 1. The van der Waals surface area contributed by atoms with Crippen molar-refractivity contribution < 1.29 is 9.90 Å². The Balaban J connectivity index is 2.36. The second-order valence-corrected chi connectivity index (χ2v) is 5.14. The maximum Gasteiger partial charge on any atom is 0.352 e. The molecule has 0 atom stereocenters. The molecule has 1 N–H and O–H groups in total. The summed E-state index contributed by atoms with van der Waals surface area (Å²) in [5, 5.41) is 13.3. The fraction of sp³-hybridized carbons (Fsp3) is 0.273. The van der Waals surface area contributed by atoms with Crippen LogP contribution in [-0.4, -0.2) is 25.4 Å². The third-order valence-corrected chi connectivity index (χ3v) is 3.13. The molecule has 0 saturated heterocycles. The summed E-state index contributed by atoms with van der Waals surface area (Å²) in [7, 11) is 1.86. The van der Waals surface area contributed by atoms with Crippen molar-refractivity contribution in [1.82, 2.24) is 14.3 Å². The molecule has 2 aromatic heterocycles. The molecule has 90 valence electrons. The summed E-state index contributed by atoms with van der Waals surface area (Å²) in [5.41, 5.74) is 2.26. The number of aromatic carboxylic acids is 1. The van der Waals surface area contributed by atoms with Gasteiger partial charge in [-0.2, -0.15) is 5.10 Å². The zero-order valence-electron chi connectivity index (χ0n) is 9.51. The fourth-order valence-corrected chi connectivity index (χ4v) is 2.40. The van der Waals surface area contributed by atoms with Gasteiger partial charge >= 0.3 is 5.97 Å². The lowest BCUT2D eigenvalue weighted by Gasteiger charge is -2.04. The Kier molecular flexibility index (Phi) is 3.23. The van der Waals surface area contributed by atoms with Crippen molar-refractivity contribution in [3.8, 4) is 0 Å². The summed E-state index contributed by atoms with van der Waals surface area (Å²) in [4.78, 5) is 11.1. The molecule has 0 saturated carbocycles. The number of hydrogen-bond donors (Lipinski definition) is 1. The fourth-order valence-electron chi connectivity index (χ4n) is 1.77. The molecular weight excluding hydrogens is 333 g/mol. The average Bonchev–Trinajstić information content (AvgIpc) is 2.71. The molecule has 0 amide bonds. The summed E-state index contributed by atoms with van der Waals surface area (Å²) in [6.07, 6.45) is 3.74. The predicted molar refractivity (Wildman–Crippen MR) is 71.2 cm³/mol. The monoisotopic (exact) mass is 345 g/mol. The van der Waals surface area contributed by atoms with E-state index in [0.717, 1.165) is 14.8 Å². The van der Waals surface area contributed by atoms with Crippen LogP contribution >= 0.6 is 22.6 Å². The second-order valence-electron chi connectivity index (χ2n) is 3.89. The van der Waals surface area contributed by atoms with Crippen LogP contribution in [0.1, 0.15) is 21.7 Å². The van der Waals surface area contributed by atoms with Gasteiger partial charge < -0.3 is 9.67 Å². The van der Waals surface area contributed by atoms with Gasteiger partial charge in [0, 0.05) is 28.6 Å². The van der Waals surface area contributed by atoms with E-state index < -0.39 is 5.97 Å². The Morgan fingerprint density at radius 1 is 1.53 bits per heavy atom. The molecule has 5 nitrogen and oxygen atoms in total. The van der Waals surface area contributed by atoms with E-state index in [1.165, 1.54) is 0 Å². The predicted octanol–water partition coefficient (Wildman–Crippen LogP) is 1.88. The Morgan fingerprint density at radius 2 is 2.24 bits per heavy atom. The van der Waals surface area contributed by atoms with Crippen molar-refractivity contribution in [1.29, 1.82) is 0 Å². The molecule has 0 aromatic carbocycles. The molecule has 0 aliphatic carbocycles. The van der Waals surface area contributed by atoms with E-state index in [1.807, 2.05) is 26.4 Å². The van der Waals surface area contributed by atoms with Gasteiger partial charge in [0.25, 0.3) is 0 Å². The number of hydrogen-bond acceptors (Lipinski definition) is 2. The van der Waals surface area contributed by atoms with Gasteiger partial charge in [0.05, 0.1) is 12.2 Å². The minimum absolute atomic E-state index is 0.303. The Labute approximate surface area is 112 Å². The van der Waals surface area contributed by atoms with Crippen LogP contribution in [0.3, 0.4) is 0 Å². The summed E-state index contributed by atoms with van der Waals surface area (Å²) in [6, 6.07) is 1.66. The van der Waals surface area contributed by atoms with E-state index in [2.05, 4.69) is 27.7 Å². The average molecular weight is 345 g/mol. The zero-order chi connectivity index (χ0) is 12.6. The molecule has 2 aromatic rings. The Bertz CT molecular complexity index is 571. The molecule has 2 rings (SSSR count). The standard InChI is InChI=1S/C11H12IN3O2/c1-7-8(4-14(2)13-7)5-15-6-9(12)3-10(15)11(16)17/h3-4,6H,5H2,1-2H3,(H,16,17). The van der Waals surface area contributed by atoms with Gasteiger partial charge in [-0.1, -0.05) is 0 Å². The first-order valence-corrected chi connectivity index (χ1v) is 6.13. The van der Waals surface area contributed by atoms with Crippen LogP contribution in [0.25, 0.3) is 0 Å². The van der Waals surface area contributed by atoms with Crippen molar-refractivity contribution >= 4 is 28.6 Å². The van der Waals surface area contributed by atoms with Crippen LogP contribution in [0.2, 0.25) is 0 Å². The van der Waals surface area contributed by atoms with Crippen LogP contribution in [0.15, 0.2) is 18.5 Å². The molecule has 17 heavy (non-hydrogen) atoms. The maximum atomic E-state index is 11.1. The summed E-state index contributed by atoms with van der Waals surface area (Å²) in [6.45, 7) is 2.45. The van der Waals surface area contributed by atoms with Crippen molar-refractivity contribution in [3.05, 3.63) is 39.0 Å². The number of aromatic nitrogens is 3. The van der Waals surface area contributed by atoms with Gasteiger partial charge in [0.15, 0.2) is 0 Å². The van der Waals surface area contributed by atoms with Crippen LogP contribution in [-0.2, 0) is 13.6 Å². The Morgan fingerprint density at radius 3 is 2.76 bits per heavy atom. The second kappa shape index (κ2) is 4.52. The third-order valence-electron chi connectivity index (χ3n) is 2.54. The van der Waals surface area contributed by atoms with E-state index in [1.54, 1.807) is 15.3 Å². The lowest BCUT2D eigenvalue weighted by molar-refractivity contribution is 0.0685. The highest BCUT2D eigenvalue weighted by atomic mass is 127. The maximum absolute atomic E-state index is 11.1. The summed E-state index contributed by atoms with van der Waals surface area (Å²) in [5.74, 6) is -0.908. The smallest absolute Gasteiger partial charge is 0.352 e. The number of nitrogens with zero attached hydrogens (tertiary/aromatic N) is 3. The highest BCUT2D eigenvalue weighted by Gasteiger charge is 2.13. The number of rotatable bonds is 3. The molecular formula is C11H12IN3O2. The van der Waals surface area contributed by atoms with Gasteiger partial charge in [0.2, 0.25) is 0 Å². The zero-order valence-corrected chi connectivity index (χ0v) is 11.7. The minimum Gasteiger partial charge on any atom is -0.477 e. The minimum atomic E-state index is -0.908. The van der Waals surface area contributed by atoms with Crippen molar-refractivity contribution in [2.24, 2.45) is 7.05 Å². The molecule has 6 heteroatoms. The molecule has 0 aliphatic heterocycles. The quantitative estimate of drug-likeness (QED) is 0.865. The normalized spacial score (nSPS) is 10.8. The summed E-state index contributed by atoms with van der Waals surface area (Å²) >= 11 is 2.11. The van der Waals surface area contributed by atoms with Crippen molar-refractivity contribution in [2.75, 3.05) is 0 Å². The number of aryl methyl sites for hydroxylation is 2. The van der Waals surface area contributed by atoms with E-state index in [-0.39, 0.29) is 0 Å². The van der Waals surface area contributed by atoms with E-state index >= 15 is 0 Å². The van der Waals surface area contributed by atoms with Gasteiger partial charge in [-0.15, -0.1) is 0 Å². The first-order chi connectivity index (χ1) is 7.97. The lowest BCUT2D eigenvalue weighted by atomic mass is 10.2. The van der Waals surface area contributed by atoms with Gasteiger partial charge in [-0.05, 0) is 35.6 Å². The molecule has 0 radical (unpaired) electrons. The van der Waals surface area contributed by atoms with Crippen LogP contribution < -0.4 is 0 Å². The molecule has 0 spiro atoms.